The van der Waals surface area contributed by atoms with Gasteiger partial charge in [0.1, 0.15) is 18.8 Å². The Morgan fingerprint density at radius 2 is 1.50 bits per heavy atom. The van der Waals surface area contributed by atoms with E-state index in [0.717, 1.165) is 5.56 Å². The molecule has 1 aliphatic rings. The Bertz CT molecular complexity index is 598. The average Bonchev–Trinajstić information content (AvgIpc) is 2.83. The van der Waals surface area contributed by atoms with Crippen molar-refractivity contribution in [3.63, 3.8) is 0 Å². The van der Waals surface area contributed by atoms with Crippen LogP contribution in [-0.4, -0.2) is 42.8 Å². The maximum atomic E-state index is 11.5. The minimum absolute atomic E-state index is 0.103. The van der Waals surface area contributed by atoms with Crippen molar-refractivity contribution in [1.29, 1.82) is 0 Å². The molecule has 0 aromatic heterocycles. The zero-order valence-corrected chi connectivity index (χ0v) is 13.8. The minimum Gasteiger partial charge on any atom is -0.463 e. The van der Waals surface area contributed by atoms with Gasteiger partial charge in [-0.25, -0.2) is 0 Å². The molecule has 1 aliphatic heterocycles. The van der Waals surface area contributed by atoms with Gasteiger partial charge in [-0.05, 0) is 5.56 Å². The molecule has 0 radical (unpaired) electrons. The second kappa shape index (κ2) is 7.92. The SMILES string of the molecule is CC(=O)OC[C@H]1O[C@H](c2ccccc2)[C@H](OC(C)=O)[C@@H]1OC(C)=O. The normalized spacial score (nSPS) is 25.8. The van der Waals surface area contributed by atoms with Gasteiger partial charge >= 0.3 is 17.9 Å². The third-order valence-electron chi connectivity index (χ3n) is 3.49. The first kappa shape index (κ1) is 17.9. The second-order valence-electron chi connectivity index (χ2n) is 5.46. The number of hydrogen-bond donors (Lipinski definition) is 0. The minimum atomic E-state index is -0.865. The van der Waals surface area contributed by atoms with E-state index in [1.807, 2.05) is 30.3 Å². The van der Waals surface area contributed by atoms with Crippen LogP contribution in [0.5, 0.6) is 0 Å². The molecule has 0 spiro atoms. The van der Waals surface area contributed by atoms with Gasteiger partial charge in [0.2, 0.25) is 0 Å². The molecule has 1 aromatic carbocycles. The summed E-state index contributed by atoms with van der Waals surface area (Å²) in [5, 5.41) is 0. The maximum Gasteiger partial charge on any atom is 0.303 e. The molecule has 0 N–H and O–H groups in total. The van der Waals surface area contributed by atoms with E-state index < -0.39 is 42.3 Å². The summed E-state index contributed by atoms with van der Waals surface area (Å²) in [7, 11) is 0. The van der Waals surface area contributed by atoms with Crippen LogP contribution in [0, 0.1) is 0 Å². The molecule has 2 rings (SSSR count). The molecular weight excluding hydrogens is 316 g/mol. The molecule has 0 unspecified atom stereocenters. The lowest BCUT2D eigenvalue weighted by molar-refractivity contribution is -0.165. The lowest BCUT2D eigenvalue weighted by atomic mass is 10.0. The fraction of sp³-hybridized carbons (Fsp3) is 0.471. The summed E-state index contributed by atoms with van der Waals surface area (Å²) in [6, 6.07) is 9.13. The molecule has 7 nitrogen and oxygen atoms in total. The van der Waals surface area contributed by atoms with Crippen molar-refractivity contribution in [2.45, 2.75) is 45.2 Å². The first-order chi connectivity index (χ1) is 11.4. The number of rotatable bonds is 5. The number of hydrogen-bond acceptors (Lipinski definition) is 7. The lowest BCUT2D eigenvalue weighted by Crippen LogP contribution is -2.40. The van der Waals surface area contributed by atoms with Crippen LogP contribution in [0.1, 0.15) is 32.4 Å². The van der Waals surface area contributed by atoms with Crippen molar-refractivity contribution in [3.05, 3.63) is 35.9 Å². The van der Waals surface area contributed by atoms with E-state index >= 15 is 0 Å². The van der Waals surface area contributed by atoms with Gasteiger partial charge in [0, 0.05) is 20.8 Å². The highest BCUT2D eigenvalue weighted by Gasteiger charge is 2.50. The van der Waals surface area contributed by atoms with Crippen LogP contribution in [0.4, 0.5) is 0 Å². The Labute approximate surface area is 139 Å². The molecule has 0 saturated carbocycles. The topological polar surface area (TPSA) is 88.1 Å². The van der Waals surface area contributed by atoms with Gasteiger partial charge in [0.05, 0.1) is 0 Å². The molecule has 0 aliphatic carbocycles. The number of benzene rings is 1. The highest BCUT2D eigenvalue weighted by Crippen LogP contribution is 2.37. The fourth-order valence-electron chi connectivity index (χ4n) is 2.63. The third-order valence-corrected chi connectivity index (χ3v) is 3.49. The Morgan fingerprint density at radius 3 is 2.04 bits per heavy atom. The van der Waals surface area contributed by atoms with Gasteiger partial charge < -0.3 is 18.9 Å². The first-order valence-electron chi connectivity index (χ1n) is 7.56. The molecule has 0 amide bonds. The van der Waals surface area contributed by atoms with Gasteiger partial charge in [0.25, 0.3) is 0 Å². The summed E-state index contributed by atoms with van der Waals surface area (Å²) < 4.78 is 21.5. The Kier molecular flexibility index (Phi) is 5.92. The predicted molar refractivity (Wildman–Crippen MR) is 81.8 cm³/mol. The van der Waals surface area contributed by atoms with E-state index in [1.165, 1.54) is 20.8 Å². The zero-order valence-electron chi connectivity index (χ0n) is 13.8. The van der Waals surface area contributed by atoms with Crippen LogP contribution in [0.25, 0.3) is 0 Å². The zero-order chi connectivity index (χ0) is 17.7. The summed E-state index contributed by atoms with van der Waals surface area (Å²) in [6.07, 6.45) is -3.04. The highest BCUT2D eigenvalue weighted by molar-refractivity contribution is 5.68. The molecule has 1 aromatic rings. The summed E-state index contributed by atoms with van der Waals surface area (Å²) in [5.41, 5.74) is 0.770. The first-order valence-corrected chi connectivity index (χ1v) is 7.56. The molecule has 1 heterocycles. The van der Waals surface area contributed by atoms with Crippen LogP contribution < -0.4 is 0 Å². The largest absolute Gasteiger partial charge is 0.463 e. The maximum absolute atomic E-state index is 11.5. The summed E-state index contributed by atoms with van der Waals surface area (Å²) in [4.78, 5) is 34.0. The molecule has 4 atom stereocenters. The van der Waals surface area contributed by atoms with Crippen LogP contribution in [-0.2, 0) is 33.3 Å². The summed E-state index contributed by atoms with van der Waals surface area (Å²) >= 11 is 0. The van der Waals surface area contributed by atoms with Gasteiger partial charge in [0.15, 0.2) is 12.2 Å². The Hall–Kier alpha value is -2.41. The van der Waals surface area contributed by atoms with Crippen molar-refractivity contribution in [2.75, 3.05) is 6.61 Å². The van der Waals surface area contributed by atoms with E-state index in [2.05, 4.69) is 0 Å². The smallest absolute Gasteiger partial charge is 0.303 e. The van der Waals surface area contributed by atoms with Gasteiger partial charge in [-0.2, -0.15) is 0 Å². The van der Waals surface area contributed by atoms with E-state index in [9.17, 15) is 14.4 Å². The van der Waals surface area contributed by atoms with Crippen LogP contribution >= 0.6 is 0 Å². The Balaban J connectivity index is 2.29. The standard InChI is InChI=1S/C17H20O7/c1-10(18)21-9-14-16(22-11(2)19)17(23-12(3)20)15(24-14)13-7-5-4-6-8-13/h4-8,14-17H,9H2,1-3H3/t14-,15-,16-,17+/m1/s1. The second-order valence-corrected chi connectivity index (χ2v) is 5.46. The lowest BCUT2D eigenvalue weighted by Gasteiger charge is -2.23. The van der Waals surface area contributed by atoms with Gasteiger partial charge in [-0.3, -0.25) is 14.4 Å². The van der Waals surface area contributed by atoms with Crippen LogP contribution in [0.3, 0.4) is 0 Å². The molecule has 24 heavy (non-hydrogen) atoms. The van der Waals surface area contributed by atoms with E-state index in [-0.39, 0.29) is 6.61 Å². The van der Waals surface area contributed by atoms with Crippen molar-refractivity contribution in [1.82, 2.24) is 0 Å². The molecule has 0 bridgehead atoms. The van der Waals surface area contributed by atoms with Gasteiger partial charge in [-0.1, -0.05) is 30.3 Å². The van der Waals surface area contributed by atoms with Gasteiger partial charge in [-0.15, -0.1) is 0 Å². The molecule has 1 fully saturated rings. The van der Waals surface area contributed by atoms with Crippen molar-refractivity contribution < 1.29 is 33.3 Å². The number of esters is 3. The molecule has 7 heteroatoms. The third kappa shape index (κ3) is 4.55. The Morgan fingerprint density at radius 1 is 0.917 bits per heavy atom. The van der Waals surface area contributed by atoms with Crippen LogP contribution in [0.2, 0.25) is 0 Å². The van der Waals surface area contributed by atoms with Crippen molar-refractivity contribution in [2.24, 2.45) is 0 Å². The van der Waals surface area contributed by atoms with Crippen molar-refractivity contribution in [3.8, 4) is 0 Å². The monoisotopic (exact) mass is 336 g/mol. The van der Waals surface area contributed by atoms with E-state index in [4.69, 9.17) is 18.9 Å². The quantitative estimate of drug-likeness (QED) is 0.595. The number of carbonyl (C=O) groups is 3. The number of carbonyl (C=O) groups excluding carboxylic acids is 3. The summed E-state index contributed by atoms with van der Waals surface area (Å²) in [6.45, 7) is 3.69. The number of ether oxygens (including phenoxy) is 4. The predicted octanol–water partition coefficient (Wildman–Crippen LogP) is 1.55. The van der Waals surface area contributed by atoms with Crippen LogP contribution in [0.15, 0.2) is 30.3 Å². The average molecular weight is 336 g/mol. The highest BCUT2D eigenvalue weighted by atomic mass is 16.6. The van der Waals surface area contributed by atoms with Crippen molar-refractivity contribution >= 4 is 17.9 Å². The molecular formula is C17H20O7. The van der Waals surface area contributed by atoms with E-state index in [1.54, 1.807) is 0 Å². The molecule has 1 saturated heterocycles. The van der Waals surface area contributed by atoms with E-state index in [0.29, 0.717) is 0 Å². The fourth-order valence-corrected chi connectivity index (χ4v) is 2.63. The molecule has 130 valence electrons. The summed E-state index contributed by atoms with van der Waals surface area (Å²) in [5.74, 6) is -1.54.